The highest BCUT2D eigenvalue weighted by Gasteiger charge is 2.08. The second kappa shape index (κ2) is 5.63. The van der Waals surface area contributed by atoms with Gasteiger partial charge < -0.3 is 16.8 Å². The fourth-order valence-corrected chi connectivity index (χ4v) is 1.94. The summed E-state index contributed by atoms with van der Waals surface area (Å²) in [6.45, 7) is 0.493. The number of rotatable bonds is 4. The lowest BCUT2D eigenvalue weighted by Crippen LogP contribution is -2.14. The van der Waals surface area contributed by atoms with Crippen molar-refractivity contribution in [3.63, 3.8) is 0 Å². The number of primary amides is 1. The molecule has 0 saturated carbocycles. The van der Waals surface area contributed by atoms with Crippen LogP contribution in [0.25, 0.3) is 0 Å². The average molecular weight is 276 g/mol. The number of benzene rings is 2. The van der Waals surface area contributed by atoms with Crippen molar-refractivity contribution in [1.82, 2.24) is 0 Å². The fourth-order valence-electron chi connectivity index (χ4n) is 1.76. The number of nitrogens with one attached hydrogen (secondary N) is 1. The molecule has 2 aromatic carbocycles. The lowest BCUT2D eigenvalue weighted by molar-refractivity contribution is 0.100. The highest BCUT2D eigenvalue weighted by Crippen LogP contribution is 2.22. The Labute approximate surface area is 116 Å². The van der Waals surface area contributed by atoms with Gasteiger partial charge in [0.15, 0.2) is 0 Å². The van der Waals surface area contributed by atoms with Crippen LogP contribution in [0.3, 0.4) is 0 Å². The first-order valence-corrected chi connectivity index (χ1v) is 6.12. The summed E-state index contributed by atoms with van der Waals surface area (Å²) in [7, 11) is 0. The molecule has 98 valence electrons. The van der Waals surface area contributed by atoms with Gasteiger partial charge in [0.2, 0.25) is 0 Å². The van der Waals surface area contributed by atoms with E-state index in [1.54, 1.807) is 18.2 Å². The first-order valence-electron chi connectivity index (χ1n) is 5.74. The monoisotopic (exact) mass is 275 g/mol. The van der Waals surface area contributed by atoms with Crippen LogP contribution >= 0.6 is 11.6 Å². The maximum atomic E-state index is 11.3. The number of amides is 1. The van der Waals surface area contributed by atoms with Crippen LogP contribution in [0.1, 0.15) is 15.9 Å². The summed E-state index contributed by atoms with van der Waals surface area (Å²) >= 11 is 5.92. The van der Waals surface area contributed by atoms with Gasteiger partial charge >= 0.3 is 0 Å². The fraction of sp³-hybridized carbons (Fsp3) is 0.0714. The third kappa shape index (κ3) is 3.17. The quantitative estimate of drug-likeness (QED) is 0.750. The molecule has 0 heterocycles. The molecule has 0 aliphatic rings. The third-order valence-electron chi connectivity index (χ3n) is 2.77. The molecule has 2 rings (SSSR count). The van der Waals surface area contributed by atoms with Gasteiger partial charge in [-0.25, -0.2) is 0 Å². The predicted molar refractivity (Wildman–Crippen MR) is 78.2 cm³/mol. The first-order chi connectivity index (χ1) is 9.08. The molecule has 1 amide bonds. The van der Waals surface area contributed by atoms with Gasteiger partial charge in [-0.2, -0.15) is 0 Å². The molecular formula is C14H14ClN3O. The lowest BCUT2D eigenvalue weighted by Gasteiger charge is -2.12. The molecule has 0 spiro atoms. The molecule has 0 bridgehead atoms. The largest absolute Gasteiger partial charge is 0.398 e. The minimum absolute atomic E-state index is 0.402. The molecule has 4 nitrogen and oxygen atoms in total. The highest BCUT2D eigenvalue weighted by molar-refractivity contribution is 6.31. The van der Waals surface area contributed by atoms with Gasteiger partial charge in [0, 0.05) is 22.9 Å². The van der Waals surface area contributed by atoms with Crippen LogP contribution in [0.4, 0.5) is 11.4 Å². The number of hydrogen-bond donors (Lipinski definition) is 3. The van der Waals surface area contributed by atoms with E-state index >= 15 is 0 Å². The van der Waals surface area contributed by atoms with Crippen molar-refractivity contribution in [2.24, 2.45) is 5.73 Å². The van der Waals surface area contributed by atoms with Crippen LogP contribution in [-0.4, -0.2) is 5.91 Å². The van der Waals surface area contributed by atoms with E-state index in [0.717, 1.165) is 5.56 Å². The molecule has 5 N–H and O–H groups in total. The van der Waals surface area contributed by atoms with Gasteiger partial charge in [-0.3, -0.25) is 4.79 Å². The molecular weight excluding hydrogens is 262 g/mol. The molecule has 0 saturated heterocycles. The standard InChI is InChI=1S/C14H14ClN3O/c15-10-5-6-11(14(17)19)13(7-10)18-8-9-3-1-2-4-12(9)16/h1-7,18H,8,16H2,(H2,17,19). The number of nitrogen functional groups attached to an aromatic ring is 1. The zero-order chi connectivity index (χ0) is 13.8. The predicted octanol–water partition coefficient (Wildman–Crippen LogP) is 2.63. The summed E-state index contributed by atoms with van der Waals surface area (Å²) in [5, 5.41) is 3.66. The van der Waals surface area contributed by atoms with Crippen LogP contribution in [0, 0.1) is 0 Å². The summed E-state index contributed by atoms with van der Waals surface area (Å²) in [5.41, 5.74) is 13.8. The normalized spacial score (nSPS) is 10.2. The molecule has 0 aliphatic heterocycles. The zero-order valence-corrected chi connectivity index (χ0v) is 10.9. The van der Waals surface area contributed by atoms with E-state index in [1.807, 2.05) is 24.3 Å². The number of para-hydroxylation sites is 1. The van der Waals surface area contributed by atoms with Gasteiger partial charge in [-0.1, -0.05) is 29.8 Å². The molecule has 2 aromatic rings. The van der Waals surface area contributed by atoms with Crippen molar-refractivity contribution < 1.29 is 4.79 Å². The number of anilines is 2. The van der Waals surface area contributed by atoms with E-state index in [1.165, 1.54) is 0 Å². The highest BCUT2D eigenvalue weighted by atomic mass is 35.5. The Hall–Kier alpha value is -2.20. The Balaban J connectivity index is 2.22. The van der Waals surface area contributed by atoms with Gasteiger partial charge in [0.1, 0.15) is 0 Å². The lowest BCUT2D eigenvalue weighted by atomic mass is 10.1. The van der Waals surface area contributed by atoms with E-state index in [2.05, 4.69) is 5.32 Å². The van der Waals surface area contributed by atoms with Crippen molar-refractivity contribution in [1.29, 1.82) is 0 Å². The number of carbonyl (C=O) groups excluding carboxylic acids is 1. The van der Waals surface area contributed by atoms with E-state index in [-0.39, 0.29) is 0 Å². The van der Waals surface area contributed by atoms with E-state index in [9.17, 15) is 4.79 Å². The average Bonchev–Trinajstić information content (AvgIpc) is 2.37. The second-order valence-corrected chi connectivity index (χ2v) is 4.54. The number of nitrogens with two attached hydrogens (primary N) is 2. The maximum Gasteiger partial charge on any atom is 0.250 e. The van der Waals surface area contributed by atoms with Crippen molar-refractivity contribution in [3.05, 3.63) is 58.6 Å². The second-order valence-electron chi connectivity index (χ2n) is 4.11. The Morgan fingerprint density at radius 3 is 2.63 bits per heavy atom. The van der Waals surface area contributed by atoms with Crippen molar-refractivity contribution in [2.75, 3.05) is 11.1 Å². The van der Waals surface area contributed by atoms with Gasteiger partial charge in [0.25, 0.3) is 5.91 Å². The number of hydrogen-bond acceptors (Lipinski definition) is 3. The van der Waals surface area contributed by atoms with Crippen molar-refractivity contribution >= 4 is 28.9 Å². The molecule has 5 heteroatoms. The summed E-state index contributed by atoms with van der Waals surface area (Å²) in [6, 6.07) is 12.4. The molecule has 0 radical (unpaired) electrons. The van der Waals surface area contributed by atoms with Crippen molar-refractivity contribution in [3.8, 4) is 0 Å². The molecule has 0 aromatic heterocycles. The Morgan fingerprint density at radius 2 is 1.95 bits per heavy atom. The number of carbonyl (C=O) groups is 1. The van der Waals surface area contributed by atoms with Crippen LogP contribution in [0.2, 0.25) is 5.02 Å². The van der Waals surface area contributed by atoms with E-state index < -0.39 is 5.91 Å². The smallest absolute Gasteiger partial charge is 0.250 e. The Bertz CT molecular complexity index is 613. The van der Waals surface area contributed by atoms with Crippen molar-refractivity contribution in [2.45, 2.75) is 6.54 Å². The zero-order valence-electron chi connectivity index (χ0n) is 10.2. The van der Waals surface area contributed by atoms with Gasteiger partial charge in [-0.05, 0) is 29.8 Å². The molecule has 0 unspecified atom stereocenters. The maximum absolute atomic E-state index is 11.3. The summed E-state index contributed by atoms with van der Waals surface area (Å²) in [6.07, 6.45) is 0. The third-order valence-corrected chi connectivity index (χ3v) is 3.01. The number of halogens is 1. The van der Waals surface area contributed by atoms with E-state index in [0.29, 0.717) is 28.5 Å². The SMILES string of the molecule is NC(=O)c1ccc(Cl)cc1NCc1ccccc1N. The minimum Gasteiger partial charge on any atom is -0.398 e. The molecule has 19 heavy (non-hydrogen) atoms. The first kappa shape index (κ1) is 13.2. The van der Waals surface area contributed by atoms with Crippen LogP contribution in [-0.2, 0) is 6.54 Å². The van der Waals surface area contributed by atoms with Crippen LogP contribution in [0.15, 0.2) is 42.5 Å². The van der Waals surface area contributed by atoms with Gasteiger partial charge in [0.05, 0.1) is 5.56 Å². The topological polar surface area (TPSA) is 81.1 Å². The van der Waals surface area contributed by atoms with Gasteiger partial charge in [-0.15, -0.1) is 0 Å². The summed E-state index contributed by atoms with van der Waals surface area (Å²) in [4.78, 5) is 11.3. The van der Waals surface area contributed by atoms with E-state index in [4.69, 9.17) is 23.1 Å². The molecule has 0 fully saturated rings. The Morgan fingerprint density at radius 1 is 1.21 bits per heavy atom. The Kier molecular flexibility index (Phi) is 3.92. The van der Waals surface area contributed by atoms with Crippen LogP contribution < -0.4 is 16.8 Å². The minimum atomic E-state index is -0.500. The molecule has 0 atom stereocenters. The summed E-state index contributed by atoms with van der Waals surface area (Å²) < 4.78 is 0. The summed E-state index contributed by atoms with van der Waals surface area (Å²) in [5.74, 6) is -0.500. The molecule has 0 aliphatic carbocycles. The van der Waals surface area contributed by atoms with Crippen LogP contribution in [0.5, 0.6) is 0 Å².